The van der Waals surface area contributed by atoms with E-state index in [1.807, 2.05) is 24.3 Å². The summed E-state index contributed by atoms with van der Waals surface area (Å²) in [5.41, 5.74) is 1.95. The van der Waals surface area contributed by atoms with Crippen LogP contribution in [0, 0.1) is 0 Å². The van der Waals surface area contributed by atoms with Crippen molar-refractivity contribution in [3.05, 3.63) is 63.3 Å². The molecule has 0 aromatic heterocycles. The number of allylic oxidation sites excluding steroid dienone is 1. The molecule has 0 spiro atoms. The SMILES string of the molecule is CCC[NH+](CCC)Cc1c([O-])ccc2c1O/C(=C\c1ccccc1Br)C2=O. The molecule has 0 amide bonds. The van der Waals surface area contributed by atoms with Gasteiger partial charge in [-0.3, -0.25) is 4.79 Å². The number of carbonyl (C=O) groups excluding carboxylic acids is 1. The number of ketones is 1. The van der Waals surface area contributed by atoms with Gasteiger partial charge in [-0.1, -0.05) is 59.8 Å². The van der Waals surface area contributed by atoms with Crippen molar-refractivity contribution in [2.24, 2.45) is 0 Å². The normalized spacial score (nSPS) is 14.7. The van der Waals surface area contributed by atoms with Crippen molar-refractivity contribution < 1.29 is 19.5 Å². The fraction of sp³-hybridized carbons (Fsp3) is 0.318. The summed E-state index contributed by atoms with van der Waals surface area (Å²) in [6.07, 6.45) is 3.82. The van der Waals surface area contributed by atoms with E-state index in [0.29, 0.717) is 23.4 Å². The number of hydrogen-bond donors (Lipinski definition) is 1. The Morgan fingerprint density at radius 3 is 2.48 bits per heavy atom. The van der Waals surface area contributed by atoms with E-state index in [4.69, 9.17) is 4.74 Å². The van der Waals surface area contributed by atoms with Crippen molar-refractivity contribution in [1.29, 1.82) is 0 Å². The van der Waals surface area contributed by atoms with Crippen LogP contribution in [-0.4, -0.2) is 18.9 Å². The van der Waals surface area contributed by atoms with Crippen LogP contribution in [0.5, 0.6) is 11.5 Å². The number of ether oxygens (including phenoxy) is 1. The van der Waals surface area contributed by atoms with Crippen LogP contribution in [0.2, 0.25) is 0 Å². The Morgan fingerprint density at radius 1 is 1.11 bits per heavy atom. The Labute approximate surface area is 168 Å². The van der Waals surface area contributed by atoms with E-state index >= 15 is 0 Å². The fourth-order valence-electron chi connectivity index (χ4n) is 3.45. The highest BCUT2D eigenvalue weighted by molar-refractivity contribution is 9.10. The van der Waals surface area contributed by atoms with Crippen LogP contribution in [0.25, 0.3) is 6.08 Å². The number of hydrogen-bond acceptors (Lipinski definition) is 3. The average Bonchev–Trinajstić information content (AvgIpc) is 2.96. The molecule has 5 heteroatoms. The summed E-state index contributed by atoms with van der Waals surface area (Å²) < 4.78 is 6.81. The molecule has 4 nitrogen and oxygen atoms in total. The third-order valence-electron chi connectivity index (χ3n) is 4.72. The molecule has 0 unspecified atom stereocenters. The Hall–Kier alpha value is -2.11. The number of halogens is 1. The lowest BCUT2D eigenvalue weighted by atomic mass is 10.0. The molecule has 0 bridgehead atoms. The third-order valence-corrected chi connectivity index (χ3v) is 5.45. The van der Waals surface area contributed by atoms with Crippen LogP contribution in [0.3, 0.4) is 0 Å². The molecule has 27 heavy (non-hydrogen) atoms. The highest BCUT2D eigenvalue weighted by Gasteiger charge is 2.31. The molecule has 142 valence electrons. The molecular formula is C22H24BrNO3. The van der Waals surface area contributed by atoms with Crippen LogP contribution in [0.1, 0.15) is 48.2 Å². The van der Waals surface area contributed by atoms with Gasteiger partial charge in [-0.15, -0.1) is 0 Å². The smallest absolute Gasteiger partial charge is 0.231 e. The fourth-order valence-corrected chi connectivity index (χ4v) is 3.85. The lowest BCUT2D eigenvalue weighted by Crippen LogP contribution is -3.10. The molecule has 2 aromatic carbocycles. The van der Waals surface area contributed by atoms with Crippen LogP contribution in [-0.2, 0) is 6.54 Å². The zero-order chi connectivity index (χ0) is 19.4. The minimum absolute atomic E-state index is 0.0617. The molecule has 1 N–H and O–H groups in total. The van der Waals surface area contributed by atoms with Gasteiger partial charge in [-0.05, 0) is 36.6 Å². The molecule has 0 saturated heterocycles. The van der Waals surface area contributed by atoms with E-state index < -0.39 is 0 Å². The predicted molar refractivity (Wildman–Crippen MR) is 108 cm³/mol. The first-order chi connectivity index (χ1) is 13.0. The Bertz CT molecular complexity index is 870. The van der Waals surface area contributed by atoms with Crippen LogP contribution < -0.4 is 14.7 Å². The van der Waals surface area contributed by atoms with Crippen LogP contribution in [0.4, 0.5) is 0 Å². The van der Waals surface area contributed by atoms with E-state index in [2.05, 4.69) is 29.8 Å². The average molecular weight is 430 g/mol. The maximum Gasteiger partial charge on any atom is 0.231 e. The first-order valence-electron chi connectivity index (χ1n) is 9.40. The van der Waals surface area contributed by atoms with Crippen molar-refractivity contribution in [3.8, 4) is 11.5 Å². The first kappa shape index (κ1) is 19.6. The van der Waals surface area contributed by atoms with Crippen molar-refractivity contribution in [3.63, 3.8) is 0 Å². The molecule has 0 atom stereocenters. The van der Waals surface area contributed by atoms with Gasteiger partial charge >= 0.3 is 0 Å². The summed E-state index contributed by atoms with van der Waals surface area (Å²) in [6, 6.07) is 10.7. The summed E-state index contributed by atoms with van der Waals surface area (Å²) in [5.74, 6) is 0.467. The first-order valence-corrected chi connectivity index (χ1v) is 10.2. The summed E-state index contributed by atoms with van der Waals surface area (Å²) in [5, 5.41) is 12.5. The maximum atomic E-state index is 12.8. The summed E-state index contributed by atoms with van der Waals surface area (Å²) in [7, 11) is 0. The number of Topliss-reactive ketones (excluding diaryl/α,β-unsaturated/α-hetero) is 1. The maximum absolute atomic E-state index is 12.8. The zero-order valence-corrected chi connectivity index (χ0v) is 17.3. The third kappa shape index (κ3) is 4.25. The van der Waals surface area contributed by atoms with E-state index in [1.54, 1.807) is 12.1 Å². The van der Waals surface area contributed by atoms with Gasteiger partial charge < -0.3 is 14.7 Å². The summed E-state index contributed by atoms with van der Waals surface area (Å²) in [6.45, 7) is 6.85. The number of fused-ring (bicyclic) bond motifs is 1. The lowest BCUT2D eigenvalue weighted by molar-refractivity contribution is -0.914. The van der Waals surface area contributed by atoms with E-state index in [0.717, 1.165) is 36.0 Å². The molecule has 1 heterocycles. The summed E-state index contributed by atoms with van der Waals surface area (Å²) in [4.78, 5) is 14.1. The molecule has 0 radical (unpaired) electrons. The highest BCUT2D eigenvalue weighted by Crippen LogP contribution is 2.38. The summed E-state index contributed by atoms with van der Waals surface area (Å²) >= 11 is 3.49. The van der Waals surface area contributed by atoms with Crippen molar-refractivity contribution in [2.75, 3.05) is 13.1 Å². The van der Waals surface area contributed by atoms with Crippen LogP contribution >= 0.6 is 15.9 Å². The van der Waals surface area contributed by atoms with Crippen LogP contribution in [0.15, 0.2) is 46.6 Å². The largest absolute Gasteiger partial charge is 0.872 e. The van der Waals surface area contributed by atoms with Crippen molar-refractivity contribution in [1.82, 2.24) is 0 Å². The van der Waals surface area contributed by atoms with E-state index in [-0.39, 0.29) is 17.3 Å². The van der Waals surface area contributed by atoms with Gasteiger partial charge in [0, 0.05) is 10.0 Å². The topological polar surface area (TPSA) is 53.8 Å². The Kier molecular flexibility index (Phi) is 6.34. The minimum Gasteiger partial charge on any atom is -0.872 e. The van der Waals surface area contributed by atoms with Gasteiger partial charge in [-0.2, -0.15) is 0 Å². The molecule has 1 aliphatic heterocycles. The number of rotatable bonds is 7. The van der Waals surface area contributed by atoms with E-state index in [1.165, 1.54) is 11.0 Å². The number of nitrogens with one attached hydrogen (secondary N) is 1. The van der Waals surface area contributed by atoms with Crippen molar-refractivity contribution >= 4 is 27.8 Å². The molecule has 0 fully saturated rings. The van der Waals surface area contributed by atoms with Crippen molar-refractivity contribution in [2.45, 2.75) is 33.2 Å². The number of quaternary nitrogens is 1. The minimum atomic E-state index is -0.172. The van der Waals surface area contributed by atoms with Gasteiger partial charge in [0.05, 0.1) is 18.7 Å². The Balaban J connectivity index is 1.95. The second kappa shape index (κ2) is 8.72. The molecule has 0 saturated carbocycles. The lowest BCUT2D eigenvalue weighted by Gasteiger charge is -2.23. The monoisotopic (exact) mass is 429 g/mol. The standard InChI is InChI=1S/C22H24BrNO3/c1-3-11-24(12-4-2)14-17-19(25)10-9-16-21(26)20(27-22(16)17)13-15-7-5-6-8-18(15)23/h5-10,13,25H,3-4,11-12,14H2,1-2H3/b20-13-. The quantitative estimate of drug-likeness (QED) is 0.686. The van der Waals surface area contributed by atoms with Gasteiger partial charge in [0.2, 0.25) is 5.78 Å². The number of carbonyl (C=O) groups is 1. The van der Waals surface area contributed by atoms with Gasteiger partial charge in [0.25, 0.3) is 0 Å². The molecular weight excluding hydrogens is 406 g/mol. The highest BCUT2D eigenvalue weighted by atomic mass is 79.9. The zero-order valence-electron chi connectivity index (χ0n) is 15.7. The predicted octanol–water partition coefficient (Wildman–Crippen LogP) is 3.34. The Morgan fingerprint density at radius 2 is 1.81 bits per heavy atom. The van der Waals surface area contributed by atoms with Gasteiger partial charge in [-0.25, -0.2) is 0 Å². The van der Waals surface area contributed by atoms with E-state index in [9.17, 15) is 9.90 Å². The molecule has 1 aliphatic rings. The van der Waals surface area contributed by atoms with Gasteiger partial charge in [0.15, 0.2) is 5.76 Å². The molecule has 3 rings (SSSR count). The molecule has 2 aromatic rings. The molecule has 0 aliphatic carbocycles. The number of benzene rings is 2. The second-order valence-electron chi connectivity index (χ2n) is 6.81. The second-order valence-corrected chi connectivity index (χ2v) is 7.66. The van der Waals surface area contributed by atoms with Gasteiger partial charge in [0.1, 0.15) is 12.3 Å².